The van der Waals surface area contributed by atoms with Crippen LogP contribution in [-0.4, -0.2) is 32.7 Å². The molecule has 5 nitrogen and oxygen atoms in total. The van der Waals surface area contributed by atoms with Gasteiger partial charge in [-0.05, 0) is 26.0 Å². The number of pyridine rings is 1. The molecule has 1 atom stereocenters. The monoisotopic (exact) mass is 278 g/mol. The van der Waals surface area contributed by atoms with Crippen molar-refractivity contribution in [1.29, 1.82) is 0 Å². The fraction of sp³-hybridized carbons (Fsp3) is 0.500. The second-order valence-corrected chi connectivity index (χ2v) is 5.60. The second kappa shape index (κ2) is 6.30. The van der Waals surface area contributed by atoms with Crippen molar-refractivity contribution in [1.82, 2.24) is 9.71 Å². The SMILES string of the molecule is CCOCC(C)NS(=O)(=O)c1ccc(Cl)nc1. The molecule has 0 aliphatic carbocycles. The van der Waals surface area contributed by atoms with Gasteiger partial charge in [0.2, 0.25) is 10.0 Å². The first-order chi connectivity index (χ1) is 7.95. The molecule has 0 aliphatic rings. The quantitative estimate of drug-likeness (QED) is 0.800. The van der Waals surface area contributed by atoms with Crippen molar-refractivity contribution in [2.75, 3.05) is 13.2 Å². The van der Waals surface area contributed by atoms with Crippen molar-refractivity contribution >= 4 is 21.6 Å². The largest absolute Gasteiger partial charge is 0.380 e. The Kier molecular flexibility index (Phi) is 5.32. The highest BCUT2D eigenvalue weighted by molar-refractivity contribution is 7.89. The molecule has 1 aromatic heterocycles. The maximum absolute atomic E-state index is 11.9. The number of rotatable bonds is 6. The first kappa shape index (κ1) is 14.4. The first-order valence-electron chi connectivity index (χ1n) is 5.17. The van der Waals surface area contributed by atoms with Gasteiger partial charge in [-0.15, -0.1) is 0 Å². The first-order valence-corrected chi connectivity index (χ1v) is 7.03. The number of nitrogens with one attached hydrogen (secondary N) is 1. The lowest BCUT2D eigenvalue weighted by molar-refractivity contribution is 0.133. The van der Waals surface area contributed by atoms with Crippen LogP contribution in [-0.2, 0) is 14.8 Å². The summed E-state index contributed by atoms with van der Waals surface area (Å²) in [5, 5.41) is 0.256. The standard InChI is InChI=1S/C10H15ClN2O3S/c1-3-16-7-8(2)13-17(14,15)9-4-5-10(11)12-6-9/h4-6,8,13H,3,7H2,1-2H3. The van der Waals surface area contributed by atoms with E-state index in [1.165, 1.54) is 18.3 Å². The molecular weight excluding hydrogens is 264 g/mol. The fourth-order valence-corrected chi connectivity index (χ4v) is 2.47. The Balaban J connectivity index is 2.71. The van der Waals surface area contributed by atoms with Crippen LogP contribution in [0, 0.1) is 0 Å². The molecule has 0 radical (unpaired) electrons. The summed E-state index contributed by atoms with van der Waals surface area (Å²) >= 11 is 5.59. The van der Waals surface area contributed by atoms with Gasteiger partial charge in [-0.3, -0.25) is 0 Å². The lowest BCUT2D eigenvalue weighted by Crippen LogP contribution is -2.35. The third-order valence-corrected chi connectivity index (χ3v) is 3.74. The van der Waals surface area contributed by atoms with Gasteiger partial charge in [0.05, 0.1) is 6.61 Å². The normalized spacial score (nSPS) is 13.6. The van der Waals surface area contributed by atoms with Crippen LogP contribution in [0.25, 0.3) is 0 Å². The van der Waals surface area contributed by atoms with E-state index in [1.54, 1.807) is 6.92 Å². The van der Waals surface area contributed by atoms with Crippen molar-refractivity contribution in [3.8, 4) is 0 Å². The smallest absolute Gasteiger partial charge is 0.242 e. The average Bonchev–Trinajstić information content (AvgIpc) is 2.26. The van der Waals surface area contributed by atoms with Gasteiger partial charge < -0.3 is 4.74 Å². The fourth-order valence-electron chi connectivity index (χ4n) is 1.18. The summed E-state index contributed by atoms with van der Waals surface area (Å²) in [6.45, 7) is 4.46. The van der Waals surface area contributed by atoms with E-state index >= 15 is 0 Å². The minimum absolute atomic E-state index is 0.0882. The van der Waals surface area contributed by atoms with Gasteiger partial charge in [0.15, 0.2) is 0 Å². The van der Waals surface area contributed by atoms with Gasteiger partial charge in [-0.1, -0.05) is 11.6 Å². The molecule has 1 N–H and O–H groups in total. The topological polar surface area (TPSA) is 68.3 Å². The summed E-state index contributed by atoms with van der Waals surface area (Å²) in [5.41, 5.74) is 0. The highest BCUT2D eigenvalue weighted by atomic mass is 35.5. The Morgan fingerprint density at radius 3 is 2.76 bits per heavy atom. The van der Waals surface area contributed by atoms with Gasteiger partial charge in [0.1, 0.15) is 10.0 Å². The zero-order chi connectivity index (χ0) is 12.9. The second-order valence-electron chi connectivity index (χ2n) is 3.50. The van der Waals surface area contributed by atoms with E-state index in [0.717, 1.165) is 0 Å². The molecule has 1 unspecified atom stereocenters. The van der Waals surface area contributed by atoms with Crippen LogP contribution in [0.3, 0.4) is 0 Å². The number of hydrogen-bond donors (Lipinski definition) is 1. The Morgan fingerprint density at radius 1 is 1.53 bits per heavy atom. The minimum atomic E-state index is -3.56. The van der Waals surface area contributed by atoms with Gasteiger partial charge in [0, 0.05) is 18.8 Å². The molecule has 1 aromatic rings. The third-order valence-electron chi connectivity index (χ3n) is 1.94. The molecule has 0 fully saturated rings. The summed E-state index contributed by atoms with van der Waals surface area (Å²) < 4.78 is 31.4. The number of nitrogens with zero attached hydrogens (tertiary/aromatic N) is 1. The van der Waals surface area contributed by atoms with Crippen LogP contribution < -0.4 is 4.72 Å². The van der Waals surface area contributed by atoms with Crippen LogP contribution in [0.4, 0.5) is 0 Å². The van der Waals surface area contributed by atoms with E-state index in [-0.39, 0.29) is 16.1 Å². The molecular formula is C10H15ClN2O3S. The highest BCUT2D eigenvalue weighted by Crippen LogP contribution is 2.11. The van der Waals surface area contributed by atoms with E-state index in [9.17, 15) is 8.42 Å². The Hall–Kier alpha value is -0.690. The van der Waals surface area contributed by atoms with Gasteiger partial charge in [-0.25, -0.2) is 18.1 Å². The van der Waals surface area contributed by atoms with E-state index in [0.29, 0.717) is 13.2 Å². The lowest BCUT2D eigenvalue weighted by Gasteiger charge is -2.13. The van der Waals surface area contributed by atoms with Crippen LogP contribution in [0.2, 0.25) is 5.15 Å². The molecule has 1 heterocycles. The van der Waals surface area contributed by atoms with Crippen LogP contribution in [0.15, 0.2) is 23.2 Å². The molecule has 0 aliphatic heterocycles. The molecule has 0 spiro atoms. The lowest BCUT2D eigenvalue weighted by atomic mass is 10.4. The number of hydrogen-bond acceptors (Lipinski definition) is 4. The zero-order valence-electron chi connectivity index (χ0n) is 9.68. The van der Waals surface area contributed by atoms with Crippen LogP contribution in [0.5, 0.6) is 0 Å². The summed E-state index contributed by atoms with van der Waals surface area (Å²) in [6, 6.07) is 2.55. The van der Waals surface area contributed by atoms with Gasteiger partial charge in [-0.2, -0.15) is 0 Å². The van der Waals surface area contributed by atoms with E-state index < -0.39 is 10.0 Å². The molecule has 1 rings (SSSR count). The third kappa shape index (κ3) is 4.59. The van der Waals surface area contributed by atoms with E-state index in [1.807, 2.05) is 6.92 Å². The molecule has 96 valence electrons. The van der Waals surface area contributed by atoms with Gasteiger partial charge >= 0.3 is 0 Å². The molecule has 0 saturated carbocycles. The van der Waals surface area contributed by atoms with Crippen LogP contribution in [0.1, 0.15) is 13.8 Å². The predicted molar refractivity (Wildman–Crippen MR) is 65.5 cm³/mol. The van der Waals surface area contributed by atoms with Crippen molar-refractivity contribution in [2.24, 2.45) is 0 Å². The van der Waals surface area contributed by atoms with Crippen molar-refractivity contribution < 1.29 is 13.2 Å². The highest BCUT2D eigenvalue weighted by Gasteiger charge is 2.17. The van der Waals surface area contributed by atoms with Crippen molar-refractivity contribution in [3.05, 3.63) is 23.5 Å². The molecule has 7 heteroatoms. The summed E-state index contributed by atoms with van der Waals surface area (Å²) in [5.74, 6) is 0. The van der Waals surface area contributed by atoms with E-state index in [4.69, 9.17) is 16.3 Å². The minimum Gasteiger partial charge on any atom is -0.380 e. The molecule has 17 heavy (non-hydrogen) atoms. The summed E-state index contributed by atoms with van der Waals surface area (Å²) in [7, 11) is -3.56. The van der Waals surface area contributed by atoms with Crippen LogP contribution >= 0.6 is 11.6 Å². The van der Waals surface area contributed by atoms with Crippen molar-refractivity contribution in [2.45, 2.75) is 24.8 Å². The number of aromatic nitrogens is 1. The van der Waals surface area contributed by atoms with Crippen molar-refractivity contribution in [3.63, 3.8) is 0 Å². The molecule has 0 aromatic carbocycles. The number of sulfonamides is 1. The average molecular weight is 279 g/mol. The molecule has 0 saturated heterocycles. The number of ether oxygens (including phenoxy) is 1. The van der Waals surface area contributed by atoms with E-state index in [2.05, 4.69) is 9.71 Å². The Labute approximate surface area is 106 Å². The summed E-state index contributed by atoms with van der Waals surface area (Å²) in [4.78, 5) is 3.82. The molecule has 0 amide bonds. The van der Waals surface area contributed by atoms with Gasteiger partial charge in [0.25, 0.3) is 0 Å². The number of halogens is 1. The predicted octanol–water partition coefficient (Wildman–Crippen LogP) is 1.44. The Bertz CT molecular complexity index is 447. The Morgan fingerprint density at radius 2 is 2.24 bits per heavy atom. The molecule has 0 bridgehead atoms. The maximum atomic E-state index is 11.9. The maximum Gasteiger partial charge on any atom is 0.242 e. The summed E-state index contributed by atoms with van der Waals surface area (Å²) in [6.07, 6.45) is 1.22. The zero-order valence-corrected chi connectivity index (χ0v) is 11.3.